The Hall–Kier alpha value is -2.11. The van der Waals surface area contributed by atoms with E-state index in [1.165, 1.54) is 0 Å². The number of piperidine rings is 1. The van der Waals surface area contributed by atoms with Crippen LogP contribution in [0.4, 0.5) is 0 Å². The monoisotopic (exact) mass is 343 g/mol. The number of aliphatic hydroxyl groups is 1. The van der Waals surface area contributed by atoms with E-state index >= 15 is 0 Å². The van der Waals surface area contributed by atoms with Crippen LogP contribution in [-0.4, -0.2) is 36.4 Å². The van der Waals surface area contributed by atoms with Gasteiger partial charge in [-0.1, -0.05) is 24.3 Å². The summed E-state index contributed by atoms with van der Waals surface area (Å²) in [5.41, 5.74) is 0.0972. The fourth-order valence-electron chi connectivity index (χ4n) is 3.74. The number of benzene rings is 2. The van der Waals surface area contributed by atoms with E-state index in [2.05, 4.69) is 5.32 Å². The van der Waals surface area contributed by atoms with Crippen LogP contribution in [0.1, 0.15) is 37.4 Å². The Bertz CT molecular complexity index is 752. The molecule has 25 heavy (non-hydrogen) atoms. The van der Waals surface area contributed by atoms with Crippen molar-refractivity contribution in [1.29, 1.82) is 0 Å². The van der Waals surface area contributed by atoms with Gasteiger partial charge in [-0.05, 0) is 67.2 Å². The van der Waals surface area contributed by atoms with Gasteiger partial charge in [-0.25, -0.2) is 0 Å². The Morgan fingerprint density at radius 3 is 2.72 bits per heavy atom. The molecule has 2 aromatic carbocycles. The molecule has 1 aliphatic heterocycles. The third kappa shape index (κ3) is 3.62. The fraction of sp³-hybridized carbons (Fsp3) is 0.450. The van der Waals surface area contributed by atoms with Crippen molar-refractivity contribution in [1.82, 2.24) is 5.32 Å². The molecule has 5 heteroatoms. The molecule has 1 saturated heterocycles. The second kappa shape index (κ2) is 7.42. The zero-order valence-corrected chi connectivity index (χ0v) is 14.5. The fourth-order valence-corrected chi connectivity index (χ4v) is 3.74. The van der Waals surface area contributed by atoms with Crippen LogP contribution in [0, 0.1) is 5.41 Å². The first kappa shape index (κ1) is 17.7. The van der Waals surface area contributed by atoms with Crippen molar-refractivity contribution in [2.75, 3.05) is 20.2 Å². The van der Waals surface area contributed by atoms with E-state index in [1.54, 1.807) is 7.11 Å². The average Bonchev–Trinajstić information content (AvgIpc) is 2.65. The Morgan fingerprint density at radius 2 is 2.04 bits per heavy atom. The highest BCUT2D eigenvalue weighted by Gasteiger charge is 2.39. The summed E-state index contributed by atoms with van der Waals surface area (Å²) >= 11 is 0. The topological polar surface area (TPSA) is 78.8 Å². The van der Waals surface area contributed by atoms with Gasteiger partial charge in [0.1, 0.15) is 5.75 Å². The van der Waals surface area contributed by atoms with Crippen LogP contribution in [0.15, 0.2) is 36.4 Å². The van der Waals surface area contributed by atoms with Crippen molar-refractivity contribution in [2.24, 2.45) is 5.41 Å². The van der Waals surface area contributed by atoms with Gasteiger partial charge in [-0.15, -0.1) is 0 Å². The maximum absolute atomic E-state index is 11.8. The molecule has 3 rings (SSSR count). The standard InChI is InChI=1S/C20H25NO4/c1-25-15-6-5-14-3-2-4-16(17(14)13-15)18(22)7-8-20(19(23)24)9-11-21-12-10-20/h2-6,13,18,21-22H,7-12H2,1H3,(H,23,24). The van der Waals surface area contributed by atoms with Crippen LogP contribution in [0.25, 0.3) is 10.8 Å². The van der Waals surface area contributed by atoms with Gasteiger partial charge in [-0.2, -0.15) is 0 Å². The maximum Gasteiger partial charge on any atom is 0.309 e. The summed E-state index contributed by atoms with van der Waals surface area (Å²) in [6.07, 6.45) is 1.44. The first-order valence-electron chi connectivity index (χ1n) is 8.75. The molecule has 0 aliphatic carbocycles. The van der Waals surface area contributed by atoms with Crippen LogP contribution >= 0.6 is 0 Å². The molecule has 5 nitrogen and oxygen atoms in total. The van der Waals surface area contributed by atoms with Crippen molar-refractivity contribution in [3.05, 3.63) is 42.0 Å². The summed E-state index contributed by atoms with van der Waals surface area (Å²) in [6.45, 7) is 1.43. The number of carboxylic acids is 1. The van der Waals surface area contributed by atoms with Gasteiger partial charge >= 0.3 is 5.97 Å². The molecule has 1 unspecified atom stereocenters. The van der Waals surface area contributed by atoms with Crippen molar-refractivity contribution in [2.45, 2.75) is 31.8 Å². The molecule has 0 bridgehead atoms. The molecule has 134 valence electrons. The van der Waals surface area contributed by atoms with Crippen molar-refractivity contribution >= 4 is 16.7 Å². The molecule has 1 aliphatic rings. The van der Waals surface area contributed by atoms with Crippen molar-refractivity contribution < 1.29 is 19.7 Å². The predicted octanol–water partition coefficient (Wildman–Crippen LogP) is 3.12. The van der Waals surface area contributed by atoms with Crippen LogP contribution in [-0.2, 0) is 4.79 Å². The summed E-state index contributed by atoms with van der Waals surface area (Å²) in [4.78, 5) is 11.8. The van der Waals surface area contributed by atoms with E-state index in [0.29, 0.717) is 38.8 Å². The summed E-state index contributed by atoms with van der Waals surface area (Å²) in [7, 11) is 1.62. The van der Waals surface area contributed by atoms with Crippen LogP contribution in [0.3, 0.4) is 0 Å². The zero-order chi connectivity index (χ0) is 17.9. The van der Waals surface area contributed by atoms with Crippen LogP contribution in [0.2, 0.25) is 0 Å². The van der Waals surface area contributed by atoms with Crippen LogP contribution < -0.4 is 10.1 Å². The second-order valence-electron chi connectivity index (χ2n) is 6.82. The first-order valence-corrected chi connectivity index (χ1v) is 8.75. The quantitative estimate of drug-likeness (QED) is 0.751. The number of ether oxygens (including phenoxy) is 1. The van der Waals surface area contributed by atoms with E-state index in [4.69, 9.17) is 4.74 Å². The lowest BCUT2D eigenvalue weighted by Gasteiger charge is -2.34. The molecular formula is C20H25NO4. The van der Waals surface area contributed by atoms with Gasteiger partial charge in [-0.3, -0.25) is 4.79 Å². The second-order valence-corrected chi connectivity index (χ2v) is 6.82. The van der Waals surface area contributed by atoms with Gasteiger partial charge in [0, 0.05) is 0 Å². The lowest BCUT2D eigenvalue weighted by molar-refractivity contribution is -0.151. The lowest BCUT2D eigenvalue weighted by Crippen LogP contribution is -2.42. The molecule has 1 atom stereocenters. The number of rotatable bonds is 6. The predicted molar refractivity (Wildman–Crippen MR) is 96.9 cm³/mol. The van der Waals surface area contributed by atoms with Gasteiger partial charge < -0.3 is 20.3 Å². The van der Waals surface area contributed by atoms with Crippen molar-refractivity contribution in [3.8, 4) is 5.75 Å². The maximum atomic E-state index is 11.8. The van der Waals surface area contributed by atoms with Crippen molar-refractivity contribution in [3.63, 3.8) is 0 Å². The number of hydrogen-bond acceptors (Lipinski definition) is 4. The van der Waals surface area contributed by atoms with E-state index in [1.807, 2.05) is 36.4 Å². The SMILES string of the molecule is COc1ccc2cccc(C(O)CCC3(C(=O)O)CCNCC3)c2c1. The molecule has 0 saturated carbocycles. The molecule has 0 aromatic heterocycles. The number of aliphatic hydroxyl groups excluding tert-OH is 1. The number of methoxy groups -OCH3 is 1. The highest BCUT2D eigenvalue weighted by molar-refractivity contribution is 5.87. The zero-order valence-electron chi connectivity index (χ0n) is 14.5. The molecule has 1 heterocycles. The van der Waals surface area contributed by atoms with Crippen LogP contribution in [0.5, 0.6) is 5.75 Å². The molecular weight excluding hydrogens is 318 g/mol. The van der Waals surface area contributed by atoms with Gasteiger partial charge in [0.25, 0.3) is 0 Å². The van der Waals surface area contributed by atoms with E-state index in [9.17, 15) is 15.0 Å². The number of carboxylic acid groups (broad SMARTS) is 1. The highest BCUT2D eigenvalue weighted by atomic mass is 16.5. The smallest absolute Gasteiger partial charge is 0.309 e. The van der Waals surface area contributed by atoms with E-state index in [0.717, 1.165) is 22.1 Å². The number of nitrogens with one attached hydrogen (secondary N) is 1. The molecule has 1 fully saturated rings. The minimum Gasteiger partial charge on any atom is -0.497 e. The Kier molecular flexibility index (Phi) is 5.25. The summed E-state index contributed by atoms with van der Waals surface area (Å²) in [6, 6.07) is 11.6. The molecule has 0 radical (unpaired) electrons. The highest BCUT2D eigenvalue weighted by Crippen LogP contribution is 2.38. The Labute approximate surface area is 147 Å². The minimum absolute atomic E-state index is 0.433. The number of aliphatic carboxylic acids is 1. The van der Waals surface area contributed by atoms with E-state index < -0.39 is 17.5 Å². The number of fused-ring (bicyclic) bond motifs is 1. The minimum atomic E-state index is -0.749. The first-order chi connectivity index (χ1) is 12.1. The normalized spacial score (nSPS) is 18.0. The third-order valence-electron chi connectivity index (χ3n) is 5.39. The number of carbonyl (C=O) groups is 1. The Balaban J connectivity index is 1.82. The molecule has 0 spiro atoms. The lowest BCUT2D eigenvalue weighted by atomic mass is 9.74. The largest absolute Gasteiger partial charge is 0.497 e. The molecule has 0 amide bonds. The summed E-state index contributed by atoms with van der Waals surface area (Å²) in [5.74, 6) is -0.00620. The van der Waals surface area contributed by atoms with Gasteiger partial charge in [0.2, 0.25) is 0 Å². The summed E-state index contributed by atoms with van der Waals surface area (Å²) < 4.78 is 5.29. The summed E-state index contributed by atoms with van der Waals surface area (Å²) in [5, 5.41) is 25.6. The Morgan fingerprint density at radius 1 is 1.28 bits per heavy atom. The number of hydrogen-bond donors (Lipinski definition) is 3. The van der Waals surface area contributed by atoms with Gasteiger partial charge in [0.05, 0.1) is 18.6 Å². The average molecular weight is 343 g/mol. The van der Waals surface area contributed by atoms with E-state index in [-0.39, 0.29) is 0 Å². The molecule has 3 N–H and O–H groups in total. The molecule has 2 aromatic rings. The van der Waals surface area contributed by atoms with Gasteiger partial charge in [0.15, 0.2) is 0 Å². The third-order valence-corrected chi connectivity index (χ3v) is 5.39.